The van der Waals surface area contributed by atoms with Crippen molar-refractivity contribution in [3.05, 3.63) is 31.3 Å². The Balaban J connectivity index is 1.99. The summed E-state index contributed by atoms with van der Waals surface area (Å²) in [6, 6.07) is -0.0629. The number of nitrogens with one attached hydrogen (secondary N) is 1. The van der Waals surface area contributed by atoms with Gasteiger partial charge in [-0.25, -0.2) is 15.0 Å². The third-order valence-corrected chi connectivity index (χ3v) is 5.94. The predicted octanol–water partition coefficient (Wildman–Crippen LogP) is 3.48. The highest BCUT2D eigenvalue weighted by molar-refractivity contribution is 7.20. The number of nitrogens with zero attached hydrogens (tertiary/aromatic N) is 3. The average Bonchev–Trinajstić information content (AvgIpc) is 3.41. The van der Waals surface area contributed by atoms with Crippen LogP contribution in [0.3, 0.4) is 0 Å². The largest absolute Gasteiger partial charge is 0.443 e. The molecule has 1 saturated carbocycles. The highest BCUT2D eigenvalue weighted by Crippen LogP contribution is 2.34. The van der Waals surface area contributed by atoms with Crippen LogP contribution in [0.1, 0.15) is 62.9 Å². The number of unbranched alkanes of at least 4 members (excludes halogenated alkanes) is 1. The van der Waals surface area contributed by atoms with Gasteiger partial charge in [-0.1, -0.05) is 0 Å². The van der Waals surface area contributed by atoms with Gasteiger partial charge < -0.3 is 4.74 Å². The van der Waals surface area contributed by atoms with Crippen LogP contribution < -0.4 is 16.7 Å². The fraction of sp³-hybridized carbons (Fsp3) is 0.600. The number of halogens is 1. The Kier molecular flexibility index (Phi) is 6.44. The fourth-order valence-corrected chi connectivity index (χ4v) is 4.36. The maximum absolute atomic E-state index is 13.0. The molecule has 0 unspecified atom stereocenters. The number of ether oxygens (including phenoxy) is 1. The lowest BCUT2D eigenvalue weighted by molar-refractivity contribution is 0.0529. The minimum absolute atomic E-state index is 0.0629. The molecule has 164 valence electrons. The molecule has 0 bridgehead atoms. The summed E-state index contributed by atoms with van der Waals surface area (Å²) in [5.74, 6) is 0. The second-order valence-electron chi connectivity index (χ2n) is 8.38. The first kappa shape index (κ1) is 22.2. The molecule has 2 aromatic heterocycles. The van der Waals surface area contributed by atoms with Crippen LogP contribution in [-0.4, -0.2) is 33.7 Å². The number of carbonyl (C=O) groups is 1. The molecule has 2 aromatic rings. The van der Waals surface area contributed by atoms with Crippen LogP contribution in [0.25, 0.3) is 10.2 Å². The van der Waals surface area contributed by atoms with Crippen molar-refractivity contribution in [2.45, 2.75) is 71.6 Å². The van der Waals surface area contributed by atoms with Gasteiger partial charge in [0, 0.05) is 12.6 Å². The highest BCUT2D eigenvalue weighted by Gasteiger charge is 2.30. The lowest BCUT2D eigenvalue weighted by atomic mass is 10.2. The summed E-state index contributed by atoms with van der Waals surface area (Å²) in [4.78, 5) is 39.0. The standard InChI is InChI=1S/C20H27FN4O4S/c1-12-14(11-22-23-18(27)29-20(2,3)4)30-17-15(12)16(26)25(13-7-8-13)19(28)24(17)10-6-5-9-21/h11,13H,5-10H2,1-4H3,(H,23,27). The van der Waals surface area contributed by atoms with Crippen molar-refractivity contribution in [3.8, 4) is 0 Å². The van der Waals surface area contributed by atoms with Gasteiger partial charge in [0.1, 0.15) is 10.4 Å². The van der Waals surface area contributed by atoms with Crippen LogP contribution in [0.2, 0.25) is 0 Å². The molecule has 10 heteroatoms. The van der Waals surface area contributed by atoms with Crippen LogP contribution in [0.15, 0.2) is 14.7 Å². The Labute approximate surface area is 177 Å². The Morgan fingerprint density at radius 1 is 1.33 bits per heavy atom. The molecule has 2 heterocycles. The van der Waals surface area contributed by atoms with E-state index in [-0.39, 0.29) is 17.3 Å². The fourth-order valence-electron chi connectivity index (χ4n) is 3.17. The van der Waals surface area contributed by atoms with Crippen molar-refractivity contribution < 1.29 is 13.9 Å². The van der Waals surface area contributed by atoms with Gasteiger partial charge in [0.15, 0.2) is 0 Å². The molecular weight excluding hydrogens is 411 g/mol. The maximum atomic E-state index is 13.0. The molecule has 1 aliphatic carbocycles. The molecule has 0 saturated heterocycles. The zero-order valence-electron chi connectivity index (χ0n) is 17.7. The summed E-state index contributed by atoms with van der Waals surface area (Å²) in [7, 11) is 0. The van der Waals surface area contributed by atoms with Gasteiger partial charge in [-0.15, -0.1) is 11.3 Å². The summed E-state index contributed by atoms with van der Waals surface area (Å²) in [6.07, 6.45) is 3.24. The molecule has 0 aromatic carbocycles. The van der Waals surface area contributed by atoms with Gasteiger partial charge in [0.25, 0.3) is 5.56 Å². The molecule has 8 nitrogen and oxygen atoms in total. The summed E-state index contributed by atoms with van der Waals surface area (Å²) in [6.45, 7) is 6.94. The van der Waals surface area contributed by atoms with Crippen LogP contribution in [0, 0.1) is 6.92 Å². The van der Waals surface area contributed by atoms with Gasteiger partial charge >= 0.3 is 11.8 Å². The Bertz CT molecular complexity index is 1090. The number of hydrazone groups is 1. The Hall–Kier alpha value is -2.49. The monoisotopic (exact) mass is 438 g/mol. The summed E-state index contributed by atoms with van der Waals surface area (Å²) in [5, 5.41) is 4.40. The number of thiophene rings is 1. The van der Waals surface area contributed by atoms with Crippen LogP contribution in [-0.2, 0) is 11.3 Å². The summed E-state index contributed by atoms with van der Waals surface area (Å²) in [5.41, 5.74) is 1.72. The van der Waals surface area contributed by atoms with E-state index in [1.165, 1.54) is 22.1 Å². The molecule has 1 amide bonds. The second kappa shape index (κ2) is 8.71. The van der Waals surface area contributed by atoms with E-state index >= 15 is 0 Å². The smallest absolute Gasteiger partial charge is 0.428 e. The third-order valence-electron chi connectivity index (χ3n) is 4.69. The van der Waals surface area contributed by atoms with Gasteiger partial charge in [-0.05, 0) is 58.9 Å². The maximum Gasteiger partial charge on any atom is 0.428 e. The van der Waals surface area contributed by atoms with Crippen LogP contribution in [0.5, 0.6) is 0 Å². The van der Waals surface area contributed by atoms with Crippen molar-refractivity contribution in [2.24, 2.45) is 5.10 Å². The SMILES string of the molecule is Cc1c(C=NNC(=O)OC(C)(C)C)sc2c1c(=O)n(C1CC1)c(=O)n2CCCCF. The van der Waals surface area contributed by atoms with Crippen LogP contribution in [0.4, 0.5) is 9.18 Å². The first-order chi connectivity index (χ1) is 14.1. The van der Waals surface area contributed by atoms with Crippen molar-refractivity contribution in [3.63, 3.8) is 0 Å². The molecule has 1 N–H and O–H groups in total. The summed E-state index contributed by atoms with van der Waals surface area (Å²) < 4.78 is 20.6. The van der Waals surface area contributed by atoms with Crippen molar-refractivity contribution in [1.29, 1.82) is 0 Å². The highest BCUT2D eigenvalue weighted by atomic mass is 32.1. The van der Waals surface area contributed by atoms with Crippen molar-refractivity contribution >= 4 is 33.9 Å². The molecule has 30 heavy (non-hydrogen) atoms. The van der Waals surface area contributed by atoms with E-state index in [0.717, 1.165) is 12.8 Å². The molecule has 0 radical (unpaired) electrons. The number of carbonyl (C=O) groups excluding carboxylic acids is 1. The third kappa shape index (κ3) is 4.80. The number of rotatable bonds is 7. The molecule has 0 atom stereocenters. The normalized spacial score (nSPS) is 14.6. The Morgan fingerprint density at radius 3 is 2.63 bits per heavy atom. The first-order valence-corrected chi connectivity index (χ1v) is 10.8. The molecule has 0 aliphatic heterocycles. The van der Waals surface area contributed by atoms with Crippen LogP contribution >= 0.6 is 11.3 Å². The van der Waals surface area contributed by atoms with E-state index in [1.807, 2.05) is 0 Å². The molecular formula is C20H27FN4O4S. The minimum atomic E-state index is -0.684. The number of alkyl halides is 1. The second-order valence-corrected chi connectivity index (χ2v) is 9.41. The van der Waals surface area contributed by atoms with Gasteiger partial charge in [-0.2, -0.15) is 5.10 Å². The van der Waals surface area contributed by atoms with E-state index in [2.05, 4.69) is 10.5 Å². The van der Waals surface area contributed by atoms with Gasteiger partial charge in [0.05, 0.1) is 23.2 Å². The molecule has 3 rings (SSSR count). The lowest BCUT2D eigenvalue weighted by Crippen LogP contribution is -2.39. The molecule has 1 aliphatic rings. The summed E-state index contributed by atoms with van der Waals surface area (Å²) >= 11 is 1.26. The zero-order valence-corrected chi connectivity index (χ0v) is 18.5. The Morgan fingerprint density at radius 2 is 2.03 bits per heavy atom. The number of hydrogen-bond acceptors (Lipinski definition) is 6. The van der Waals surface area contributed by atoms with Crippen molar-refractivity contribution in [2.75, 3.05) is 6.67 Å². The van der Waals surface area contributed by atoms with E-state index in [0.29, 0.717) is 40.0 Å². The topological polar surface area (TPSA) is 94.7 Å². The average molecular weight is 439 g/mol. The number of hydrogen-bond donors (Lipinski definition) is 1. The van der Waals surface area contributed by atoms with Gasteiger partial charge in [-0.3, -0.25) is 18.3 Å². The quantitative estimate of drug-likeness (QED) is 0.407. The number of aromatic nitrogens is 2. The molecule has 1 fully saturated rings. The lowest BCUT2D eigenvalue weighted by Gasteiger charge is -2.18. The number of amides is 1. The van der Waals surface area contributed by atoms with Gasteiger partial charge in [0.2, 0.25) is 0 Å². The number of fused-ring (bicyclic) bond motifs is 1. The molecule has 0 spiro atoms. The zero-order chi connectivity index (χ0) is 22.1. The first-order valence-electron chi connectivity index (χ1n) is 10.0. The predicted molar refractivity (Wildman–Crippen MR) is 116 cm³/mol. The van der Waals surface area contributed by atoms with Crippen molar-refractivity contribution in [1.82, 2.24) is 14.6 Å². The minimum Gasteiger partial charge on any atom is -0.443 e. The number of aryl methyl sites for hydroxylation is 2. The van der Waals surface area contributed by atoms with E-state index < -0.39 is 18.4 Å². The van der Waals surface area contributed by atoms with E-state index in [1.54, 1.807) is 32.3 Å². The van der Waals surface area contributed by atoms with E-state index in [4.69, 9.17) is 4.74 Å². The van der Waals surface area contributed by atoms with E-state index in [9.17, 15) is 18.8 Å².